The van der Waals surface area contributed by atoms with Crippen LogP contribution in [0.3, 0.4) is 0 Å². The predicted octanol–water partition coefficient (Wildman–Crippen LogP) is 0.210. The molecule has 0 aromatic carbocycles. The quantitative estimate of drug-likeness (QED) is 0.659. The molecular formula is C9H20N2O. The second-order valence-electron chi connectivity index (χ2n) is 3.95. The molecule has 1 heterocycles. The summed E-state index contributed by atoms with van der Waals surface area (Å²) >= 11 is 0. The van der Waals surface area contributed by atoms with Crippen molar-refractivity contribution >= 4 is 0 Å². The Morgan fingerprint density at radius 1 is 1.08 bits per heavy atom. The van der Waals surface area contributed by atoms with Gasteiger partial charge in [-0.25, -0.2) is 0 Å². The topological polar surface area (TPSA) is 26.7 Å². The van der Waals surface area contributed by atoms with Gasteiger partial charge in [0.1, 0.15) is 0 Å². The molecule has 3 nitrogen and oxygen atoms in total. The maximum absolute atomic E-state index is 8.87. The van der Waals surface area contributed by atoms with E-state index in [4.69, 9.17) is 5.11 Å². The van der Waals surface area contributed by atoms with Crippen LogP contribution >= 0.6 is 0 Å². The monoisotopic (exact) mass is 172 g/mol. The fraction of sp³-hybridized carbons (Fsp3) is 1.00. The van der Waals surface area contributed by atoms with Crippen molar-refractivity contribution in [1.29, 1.82) is 0 Å². The van der Waals surface area contributed by atoms with E-state index in [0.29, 0.717) is 0 Å². The lowest BCUT2D eigenvalue weighted by Crippen LogP contribution is -2.47. The number of piperazine rings is 1. The van der Waals surface area contributed by atoms with Gasteiger partial charge in [-0.3, -0.25) is 4.90 Å². The van der Waals surface area contributed by atoms with Crippen LogP contribution in [-0.2, 0) is 0 Å². The van der Waals surface area contributed by atoms with Crippen molar-refractivity contribution < 1.29 is 5.11 Å². The highest BCUT2D eigenvalue weighted by atomic mass is 16.3. The molecule has 0 radical (unpaired) electrons. The van der Waals surface area contributed by atoms with Gasteiger partial charge in [-0.1, -0.05) is 13.8 Å². The minimum absolute atomic E-state index is 0.218. The van der Waals surface area contributed by atoms with Crippen molar-refractivity contribution in [3.8, 4) is 0 Å². The third-order valence-corrected chi connectivity index (χ3v) is 2.29. The number of hydrogen-bond acceptors (Lipinski definition) is 3. The lowest BCUT2D eigenvalue weighted by molar-refractivity contribution is 0.0506. The molecule has 1 aliphatic rings. The number of rotatable bonds is 3. The van der Waals surface area contributed by atoms with Gasteiger partial charge in [0.2, 0.25) is 0 Å². The minimum atomic E-state index is 0.218. The average molecular weight is 172 g/mol. The first-order valence-corrected chi connectivity index (χ1v) is 4.78. The van der Waals surface area contributed by atoms with Gasteiger partial charge >= 0.3 is 0 Å². The molecule has 72 valence electrons. The molecule has 3 heteroatoms. The molecular weight excluding hydrogens is 152 g/mol. The minimum Gasteiger partial charge on any atom is -0.381 e. The molecule has 1 rings (SSSR count). The van der Waals surface area contributed by atoms with E-state index in [9.17, 15) is 0 Å². The van der Waals surface area contributed by atoms with Crippen LogP contribution in [0.4, 0.5) is 0 Å². The molecule has 0 amide bonds. The van der Waals surface area contributed by atoms with Crippen LogP contribution in [-0.4, -0.2) is 54.4 Å². The van der Waals surface area contributed by atoms with Crippen molar-refractivity contribution in [1.82, 2.24) is 9.80 Å². The Balaban J connectivity index is 2.17. The van der Waals surface area contributed by atoms with Crippen LogP contribution in [0.2, 0.25) is 0 Å². The van der Waals surface area contributed by atoms with Crippen molar-refractivity contribution in [2.45, 2.75) is 13.8 Å². The van der Waals surface area contributed by atoms with Gasteiger partial charge in [0.25, 0.3) is 0 Å². The highest BCUT2D eigenvalue weighted by molar-refractivity contribution is 4.70. The third-order valence-electron chi connectivity index (χ3n) is 2.29. The Labute approximate surface area is 75.0 Å². The van der Waals surface area contributed by atoms with Crippen molar-refractivity contribution in [3.05, 3.63) is 0 Å². The Morgan fingerprint density at radius 2 is 1.58 bits per heavy atom. The van der Waals surface area contributed by atoms with E-state index in [0.717, 1.165) is 32.1 Å². The van der Waals surface area contributed by atoms with E-state index >= 15 is 0 Å². The van der Waals surface area contributed by atoms with Gasteiger partial charge in [0, 0.05) is 32.7 Å². The van der Waals surface area contributed by atoms with Gasteiger partial charge in [-0.2, -0.15) is 0 Å². The summed E-state index contributed by atoms with van der Waals surface area (Å²) in [6, 6.07) is 0. The summed E-state index contributed by atoms with van der Waals surface area (Å²) in [7, 11) is 0. The fourth-order valence-corrected chi connectivity index (χ4v) is 1.63. The predicted molar refractivity (Wildman–Crippen MR) is 49.9 cm³/mol. The molecule has 0 saturated carbocycles. The Morgan fingerprint density at radius 3 is 2.00 bits per heavy atom. The molecule has 1 N–H and O–H groups in total. The van der Waals surface area contributed by atoms with Gasteiger partial charge in [-0.05, 0) is 5.92 Å². The van der Waals surface area contributed by atoms with E-state index < -0.39 is 0 Å². The summed E-state index contributed by atoms with van der Waals surface area (Å²) < 4.78 is 0. The molecule has 0 atom stereocenters. The summed E-state index contributed by atoms with van der Waals surface area (Å²) in [4.78, 5) is 4.55. The lowest BCUT2D eigenvalue weighted by Gasteiger charge is -2.34. The third kappa shape index (κ3) is 3.09. The zero-order chi connectivity index (χ0) is 8.97. The number of aliphatic hydroxyl groups excluding tert-OH is 1. The number of aliphatic hydroxyl groups is 1. The maximum atomic E-state index is 8.87. The van der Waals surface area contributed by atoms with E-state index in [1.54, 1.807) is 0 Å². The maximum Gasteiger partial charge on any atom is 0.0957 e. The van der Waals surface area contributed by atoms with Crippen LogP contribution in [0.1, 0.15) is 13.8 Å². The zero-order valence-electron chi connectivity index (χ0n) is 8.16. The van der Waals surface area contributed by atoms with Crippen LogP contribution in [0, 0.1) is 5.92 Å². The Hall–Kier alpha value is -0.120. The Bertz CT molecular complexity index is 120. The zero-order valence-corrected chi connectivity index (χ0v) is 8.16. The Kier molecular flexibility index (Phi) is 3.98. The van der Waals surface area contributed by atoms with E-state index in [1.807, 2.05) is 0 Å². The second kappa shape index (κ2) is 4.80. The lowest BCUT2D eigenvalue weighted by atomic mass is 10.2. The first-order valence-electron chi connectivity index (χ1n) is 4.78. The summed E-state index contributed by atoms with van der Waals surface area (Å²) in [6.07, 6.45) is 0. The van der Waals surface area contributed by atoms with Crippen LogP contribution in [0.25, 0.3) is 0 Å². The second-order valence-corrected chi connectivity index (χ2v) is 3.95. The number of hydrogen-bond donors (Lipinski definition) is 1. The smallest absolute Gasteiger partial charge is 0.0957 e. The van der Waals surface area contributed by atoms with Crippen molar-refractivity contribution in [3.63, 3.8) is 0 Å². The van der Waals surface area contributed by atoms with E-state index in [1.165, 1.54) is 6.54 Å². The normalized spacial score (nSPS) is 22.0. The van der Waals surface area contributed by atoms with Crippen LogP contribution in [0.5, 0.6) is 0 Å². The molecule has 1 fully saturated rings. The standard InChI is InChI=1S/C9H20N2O/c1-9(2)7-10-3-5-11(8-12)6-4-10/h9,12H,3-8H2,1-2H3. The first-order chi connectivity index (χ1) is 5.72. The molecule has 1 saturated heterocycles. The highest BCUT2D eigenvalue weighted by Gasteiger charge is 2.15. The molecule has 0 unspecified atom stereocenters. The molecule has 1 aliphatic heterocycles. The number of nitrogens with zero attached hydrogens (tertiary/aromatic N) is 2. The van der Waals surface area contributed by atoms with Gasteiger partial charge in [0.15, 0.2) is 0 Å². The van der Waals surface area contributed by atoms with Gasteiger partial charge < -0.3 is 10.0 Å². The van der Waals surface area contributed by atoms with Crippen LogP contribution in [0.15, 0.2) is 0 Å². The molecule has 0 bridgehead atoms. The van der Waals surface area contributed by atoms with Gasteiger partial charge in [-0.15, -0.1) is 0 Å². The molecule has 0 spiro atoms. The fourth-order valence-electron chi connectivity index (χ4n) is 1.63. The van der Waals surface area contributed by atoms with Crippen molar-refractivity contribution in [2.75, 3.05) is 39.5 Å². The SMILES string of the molecule is CC(C)CN1CCN(CO)CC1. The molecule has 0 aromatic rings. The summed E-state index contributed by atoms with van der Waals surface area (Å²) in [5.41, 5.74) is 0. The van der Waals surface area contributed by atoms with Crippen LogP contribution < -0.4 is 0 Å². The van der Waals surface area contributed by atoms with Crippen molar-refractivity contribution in [2.24, 2.45) is 5.92 Å². The summed E-state index contributed by atoms with van der Waals surface area (Å²) in [5, 5.41) is 8.87. The largest absolute Gasteiger partial charge is 0.381 e. The molecule has 0 aromatic heterocycles. The highest BCUT2D eigenvalue weighted by Crippen LogP contribution is 2.03. The van der Waals surface area contributed by atoms with E-state index in [-0.39, 0.29) is 6.73 Å². The average Bonchev–Trinajstić information content (AvgIpc) is 2.05. The summed E-state index contributed by atoms with van der Waals surface area (Å²) in [5.74, 6) is 0.755. The van der Waals surface area contributed by atoms with E-state index in [2.05, 4.69) is 23.6 Å². The summed E-state index contributed by atoms with van der Waals surface area (Å²) in [6.45, 7) is 10.2. The molecule has 12 heavy (non-hydrogen) atoms. The van der Waals surface area contributed by atoms with Gasteiger partial charge in [0.05, 0.1) is 6.73 Å². The molecule has 0 aliphatic carbocycles. The first kappa shape index (κ1) is 9.96.